The summed E-state index contributed by atoms with van der Waals surface area (Å²) in [6, 6.07) is 5.74. The highest BCUT2D eigenvalue weighted by Gasteiger charge is 2.00. The summed E-state index contributed by atoms with van der Waals surface area (Å²) >= 11 is 3.34. The quantitative estimate of drug-likeness (QED) is 0.890. The maximum atomic E-state index is 4.34. The second-order valence-corrected chi connectivity index (χ2v) is 3.65. The molecule has 0 aromatic carbocycles. The molecule has 0 unspecified atom stereocenters. The molecule has 0 saturated carbocycles. The summed E-state index contributed by atoms with van der Waals surface area (Å²) in [4.78, 5) is 4.34. The van der Waals surface area contributed by atoms with Crippen molar-refractivity contribution in [2.75, 3.05) is 12.4 Å². The highest BCUT2D eigenvalue weighted by atomic mass is 79.9. The molecule has 0 radical (unpaired) electrons. The van der Waals surface area contributed by atoms with Crippen LogP contribution in [0.5, 0.6) is 0 Å². The molecule has 14 heavy (non-hydrogen) atoms. The Morgan fingerprint density at radius 2 is 2.29 bits per heavy atom. The zero-order chi connectivity index (χ0) is 9.97. The molecular formula is C9H9BrN4. The molecule has 2 aromatic rings. The van der Waals surface area contributed by atoms with E-state index in [2.05, 4.69) is 31.3 Å². The van der Waals surface area contributed by atoms with Crippen molar-refractivity contribution in [2.45, 2.75) is 0 Å². The average Bonchev–Trinajstić information content (AvgIpc) is 2.65. The fraction of sp³-hybridized carbons (Fsp3) is 0.111. The van der Waals surface area contributed by atoms with Crippen molar-refractivity contribution in [3.63, 3.8) is 0 Å². The average molecular weight is 253 g/mol. The van der Waals surface area contributed by atoms with E-state index in [-0.39, 0.29) is 0 Å². The van der Waals surface area contributed by atoms with Crippen LogP contribution in [0.25, 0.3) is 5.82 Å². The molecule has 2 rings (SSSR count). The van der Waals surface area contributed by atoms with Gasteiger partial charge < -0.3 is 5.32 Å². The SMILES string of the molecule is CNc1cccc(-n2cc(Br)cn2)n1. The molecule has 0 aliphatic heterocycles. The summed E-state index contributed by atoms with van der Waals surface area (Å²) in [5.41, 5.74) is 0. The number of rotatable bonds is 2. The Labute approximate surface area is 90.1 Å². The molecule has 4 nitrogen and oxygen atoms in total. The van der Waals surface area contributed by atoms with Gasteiger partial charge in [-0.15, -0.1) is 0 Å². The summed E-state index contributed by atoms with van der Waals surface area (Å²) in [6.45, 7) is 0. The molecule has 0 fully saturated rings. The van der Waals surface area contributed by atoms with Crippen molar-refractivity contribution >= 4 is 21.7 Å². The van der Waals surface area contributed by atoms with Crippen LogP contribution < -0.4 is 5.32 Å². The van der Waals surface area contributed by atoms with Gasteiger partial charge in [0, 0.05) is 13.2 Å². The van der Waals surface area contributed by atoms with Crippen LogP contribution in [0.3, 0.4) is 0 Å². The first-order chi connectivity index (χ1) is 6.79. The Balaban J connectivity index is 2.41. The number of anilines is 1. The number of nitrogens with one attached hydrogen (secondary N) is 1. The van der Waals surface area contributed by atoms with Crippen LogP contribution in [0.2, 0.25) is 0 Å². The minimum atomic E-state index is 0.794. The zero-order valence-electron chi connectivity index (χ0n) is 7.61. The van der Waals surface area contributed by atoms with Crippen molar-refractivity contribution in [1.29, 1.82) is 0 Å². The predicted molar refractivity (Wildman–Crippen MR) is 58.6 cm³/mol. The minimum Gasteiger partial charge on any atom is -0.373 e. The fourth-order valence-corrected chi connectivity index (χ4v) is 1.40. The molecule has 1 N–H and O–H groups in total. The van der Waals surface area contributed by atoms with Gasteiger partial charge in [-0.05, 0) is 28.1 Å². The van der Waals surface area contributed by atoms with Crippen LogP contribution in [0, 0.1) is 0 Å². The van der Waals surface area contributed by atoms with Crippen molar-refractivity contribution < 1.29 is 0 Å². The van der Waals surface area contributed by atoms with Gasteiger partial charge >= 0.3 is 0 Å². The smallest absolute Gasteiger partial charge is 0.155 e. The lowest BCUT2D eigenvalue weighted by Gasteiger charge is -2.02. The Hall–Kier alpha value is -1.36. The van der Waals surface area contributed by atoms with Gasteiger partial charge in [0.1, 0.15) is 5.82 Å². The summed E-state index contributed by atoms with van der Waals surface area (Å²) in [5, 5.41) is 7.12. The third-order valence-electron chi connectivity index (χ3n) is 1.78. The highest BCUT2D eigenvalue weighted by molar-refractivity contribution is 9.10. The summed E-state index contributed by atoms with van der Waals surface area (Å²) in [5.74, 6) is 1.62. The maximum Gasteiger partial charge on any atom is 0.155 e. The molecule has 0 aliphatic carbocycles. The first-order valence-electron chi connectivity index (χ1n) is 4.15. The molecule has 72 valence electrons. The molecule has 0 aliphatic rings. The van der Waals surface area contributed by atoms with Gasteiger partial charge in [-0.1, -0.05) is 6.07 Å². The summed E-state index contributed by atoms with van der Waals surface area (Å²) in [6.07, 6.45) is 3.59. The van der Waals surface area contributed by atoms with E-state index in [1.54, 1.807) is 10.9 Å². The van der Waals surface area contributed by atoms with Crippen LogP contribution in [-0.2, 0) is 0 Å². The summed E-state index contributed by atoms with van der Waals surface area (Å²) in [7, 11) is 1.84. The van der Waals surface area contributed by atoms with Crippen molar-refractivity contribution in [3.8, 4) is 5.82 Å². The lowest BCUT2D eigenvalue weighted by atomic mass is 10.4. The number of nitrogens with zero attached hydrogens (tertiary/aromatic N) is 3. The monoisotopic (exact) mass is 252 g/mol. The molecule has 2 aromatic heterocycles. The van der Waals surface area contributed by atoms with Crippen LogP contribution >= 0.6 is 15.9 Å². The molecule has 0 amide bonds. The van der Waals surface area contributed by atoms with Gasteiger partial charge in [0.2, 0.25) is 0 Å². The van der Waals surface area contributed by atoms with Gasteiger partial charge in [-0.3, -0.25) is 0 Å². The van der Waals surface area contributed by atoms with Crippen molar-refractivity contribution in [3.05, 3.63) is 35.1 Å². The molecule has 0 saturated heterocycles. The molecule has 0 spiro atoms. The number of aromatic nitrogens is 3. The molecule has 5 heteroatoms. The Morgan fingerprint density at radius 1 is 1.43 bits per heavy atom. The van der Waals surface area contributed by atoms with E-state index in [1.807, 2.05) is 31.4 Å². The second-order valence-electron chi connectivity index (χ2n) is 2.73. The Morgan fingerprint density at radius 3 is 2.93 bits per heavy atom. The molecular weight excluding hydrogens is 244 g/mol. The van der Waals surface area contributed by atoms with Gasteiger partial charge in [0.05, 0.1) is 10.7 Å². The van der Waals surface area contributed by atoms with E-state index >= 15 is 0 Å². The molecule has 2 heterocycles. The van der Waals surface area contributed by atoms with Gasteiger partial charge in [-0.2, -0.15) is 5.10 Å². The summed E-state index contributed by atoms with van der Waals surface area (Å²) < 4.78 is 2.65. The first kappa shape index (κ1) is 9.21. The zero-order valence-corrected chi connectivity index (χ0v) is 9.19. The van der Waals surface area contributed by atoms with Gasteiger partial charge in [-0.25, -0.2) is 9.67 Å². The van der Waals surface area contributed by atoms with Crippen LogP contribution in [0.4, 0.5) is 5.82 Å². The van der Waals surface area contributed by atoms with Crippen molar-refractivity contribution in [1.82, 2.24) is 14.8 Å². The Bertz CT molecular complexity index is 438. The Kier molecular flexibility index (Phi) is 2.49. The minimum absolute atomic E-state index is 0.794. The third kappa shape index (κ3) is 1.77. The van der Waals surface area contributed by atoms with E-state index < -0.39 is 0 Å². The number of hydrogen-bond donors (Lipinski definition) is 1. The van der Waals surface area contributed by atoms with E-state index in [1.165, 1.54) is 0 Å². The predicted octanol–water partition coefficient (Wildman–Crippen LogP) is 2.07. The van der Waals surface area contributed by atoms with Crippen LogP contribution in [0.15, 0.2) is 35.1 Å². The van der Waals surface area contributed by atoms with E-state index in [9.17, 15) is 0 Å². The lowest BCUT2D eigenvalue weighted by molar-refractivity contribution is 0.848. The molecule has 0 bridgehead atoms. The third-order valence-corrected chi connectivity index (χ3v) is 2.19. The number of hydrogen-bond acceptors (Lipinski definition) is 3. The standard InChI is InChI=1S/C9H9BrN4/c1-11-8-3-2-4-9(13-8)14-6-7(10)5-12-14/h2-6H,1H3,(H,11,13). The number of pyridine rings is 1. The number of halogens is 1. The van der Waals surface area contributed by atoms with Gasteiger partial charge in [0.15, 0.2) is 5.82 Å². The topological polar surface area (TPSA) is 42.7 Å². The largest absolute Gasteiger partial charge is 0.373 e. The first-order valence-corrected chi connectivity index (χ1v) is 4.94. The fourth-order valence-electron chi connectivity index (χ4n) is 1.12. The van der Waals surface area contributed by atoms with Crippen molar-refractivity contribution in [2.24, 2.45) is 0 Å². The van der Waals surface area contributed by atoms with E-state index in [0.29, 0.717) is 0 Å². The normalized spacial score (nSPS) is 10.1. The van der Waals surface area contributed by atoms with E-state index in [4.69, 9.17) is 0 Å². The molecule has 0 atom stereocenters. The maximum absolute atomic E-state index is 4.34. The lowest BCUT2D eigenvalue weighted by Crippen LogP contribution is -2.00. The van der Waals surface area contributed by atoms with Gasteiger partial charge in [0.25, 0.3) is 0 Å². The second kappa shape index (κ2) is 3.79. The van der Waals surface area contributed by atoms with Crippen LogP contribution in [0.1, 0.15) is 0 Å². The highest BCUT2D eigenvalue weighted by Crippen LogP contribution is 2.12. The van der Waals surface area contributed by atoms with Crippen LogP contribution in [-0.4, -0.2) is 21.8 Å². The van der Waals surface area contributed by atoms with E-state index in [0.717, 1.165) is 16.1 Å².